The van der Waals surface area contributed by atoms with Gasteiger partial charge < -0.3 is 9.52 Å². The molecule has 0 bridgehead atoms. The number of sulfonamides is 1. The van der Waals surface area contributed by atoms with Crippen molar-refractivity contribution in [3.8, 4) is 11.5 Å². The number of furan rings is 1. The standard InChI is InChI=1S/C22H19ClN2O5S/c1-3-25(4-2)31(28,29)15-6-7-18-16(11-15)17(22(26)27)12-19(24-18)21-10-13-9-14(23)5-8-20(13)30-21/h5-12H,3-4H2,1-2H3,(H,26,27). The third-order valence-electron chi connectivity index (χ3n) is 5.08. The van der Waals surface area contributed by atoms with E-state index in [9.17, 15) is 18.3 Å². The van der Waals surface area contributed by atoms with Gasteiger partial charge in [0.2, 0.25) is 10.0 Å². The number of carboxylic acids is 1. The first-order chi connectivity index (χ1) is 14.7. The number of hydrogen-bond acceptors (Lipinski definition) is 5. The highest BCUT2D eigenvalue weighted by molar-refractivity contribution is 7.89. The van der Waals surface area contributed by atoms with E-state index in [1.807, 2.05) is 0 Å². The van der Waals surface area contributed by atoms with E-state index >= 15 is 0 Å². The molecule has 0 spiro atoms. The minimum atomic E-state index is -3.74. The van der Waals surface area contributed by atoms with Gasteiger partial charge in [-0.15, -0.1) is 0 Å². The molecular formula is C22H19ClN2O5S. The Morgan fingerprint density at radius 1 is 1.10 bits per heavy atom. The first kappa shape index (κ1) is 21.3. The number of fused-ring (bicyclic) bond motifs is 2. The van der Waals surface area contributed by atoms with Gasteiger partial charge >= 0.3 is 5.97 Å². The summed E-state index contributed by atoms with van der Waals surface area (Å²) in [5.41, 5.74) is 1.22. The number of aromatic carboxylic acids is 1. The van der Waals surface area contributed by atoms with Gasteiger partial charge in [-0.05, 0) is 48.5 Å². The average molecular weight is 459 g/mol. The molecule has 0 radical (unpaired) electrons. The summed E-state index contributed by atoms with van der Waals surface area (Å²) in [5.74, 6) is -0.799. The summed E-state index contributed by atoms with van der Waals surface area (Å²) in [6.45, 7) is 4.13. The SMILES string of the molecule is CCN(CC)S(=O)(=O)c1ccc2nc(-c3cc4cc(Cl)ccc4o3)cc(C(=O)O)c2c1. The van der Waals surface area contributed by atoms with Crippen LogP contribution in [0.3, 0.4) is 0 Å². The fourth-order valence-electron chi connectivity index (χ4n) is 3.52. The van der Waals surface area contributed by atoms with E-state index in [4.69, 9.17) is 16.0 Å². The molecule has 2 heterocycles. The van der Waals surface area contributed by atoms with Crippen molar-refractivity contribution in [2.24, 2.45) is 0 Å². The Morgan fingerprint density at radius 3 is 2.52 bits per heavy atom. The second-order valence-electron chi connectivity index (χ2n) is 6.92. The van der Waals surface area contributed by atoms with Gasteiger partial charge in [0.15, 0.2) is 5.76 Å². The maximum absolute atomic E-state index is 12.9. The topological polar surface area (TPSA) is 101 Å². The Bertz CT molecular complexity index is 1420. The number of hydrogen-bond donors (Lipinski definition) is 1. The van der Waals surface area contributed by atoms with Crippen LogP contribution in [0.5, 0.6) is 0 Å². The molecule has 0 saturated heterocycles. The first-order valence-corrected chi connectivity index (χ1v) is 11.4. The van der Waals surface area contributed by atoms with E-state index in [1.54, 1.807) is 38.1 Å². The summed E-state index contributed by atoms with van der Waals surface area (Å²) >= 11 is 6.03. The highest BCUT2D eigenvalue weighted by atomic mass is 35.5. The van der Waals surface area contributed by atoms with Crippen molar-refractivity contribution < 1.29 is 22.7 Å². The molecule has 9 heteroatoms. The van der Waals surface area contributed by atoms with Crippen LogP contribution >= 0.6 is 11.6 Å². The molecule has 2 aromatic carbocycles. The number of carbonyl (C=O) groups is 1. The molecule has 0 atom stereocenters. The number of aromatic nitrogens is 1. The molecule has 31 heavy (non-hydrogen) atoms. The van der Waals surface area contributed by atoms with Crippen molar-refractivity contribution in [2.45, 2.75) is 18.7 Å². The quantitative estimate of drug-likeness (QED) is 0.435. The number of rotatable bonds is 6. The molecule has 0 amide bonds. The van der Waals surface area contributed by atoms with Crippen LogP contribution < -0.4 is 0 Å². The fraction of sp³-hybridized carbons (Fsp3) is 0.182. The Balaban J connectivity index is 1.90. The molecule has 160 valence electrons. The van der Waals surface area contributed by atoms with E-state index < -0.39 is 16.0 Å². The zero-order valence-electron chi connectivity index (χ0n) is 16.8. The van der Waals surface area contributed by atoms with Crippen molar-refractivity contribution in [1.29, 1.82) is 0 Å². The molecule has 1 N–H and O–H groups in total. The summed E-state index contributed by atoms with van der Waals surface area (Å²) in [4.78, 5) is 16.5. The lowest BCUT2D eigenvalue weighted by Gasteiger charge is -2.18. The highest BCUT2D eigenvalue weighted by Crippen LogP contribution is 2.32. The lowest BCUT2D eigenvalue weighted by atomic mass is 10.1. The second kappa shape index (κ2) is 7.96. The van der Waals surface area contributed by atoms with Crippen LogP contribution in [0.25, 0.3) is 33.3 Å². The third kappa shape index (κ3) is 3.78. The van der Waals surface area contributed by atoms with E-state index in [0.717, 1.165) is 5.39 Å². The minimum Gasteiger partial charge on any atom is -0.478 e. The van der Waals surface area contributed by atoms with Crippen LogP contribution in [0, 0.1) is 0 Å². The van der Waals surface area contributed by atoms with Crippen molar-refractivity contribution in [3.05, 3.63) is 59.1 Å². The predicted octanol–water partition coefficient (Wildman–Crippen LogP) is 5.03. The smallest absolute Gasteiger partial charge is 0.336 e. The number of pyridine rings is 1. The van der Waals surface area contributed by atoms with E-state index in [1.165, 1.54) is 28.6 Å². The van der Waals surface area contributed by atoms with Crippen LogP contribution in [0.4, 0.5) is 0 Å². The van der Waals surface area contributed by atoms with Gasteiger partial charge in [-0.2, -0.15) is 4.31 Å². The Labute approximate surface area is 183 Å². The zero-order chi connectivity index (χ0) is 22.3. The average Bonchev–Trinajstić information content (AvgIpc) is 3.16. The summed E-state index contributed by atoms with van der Waals surface area (Å²) in [7, 11) is -3.74. The van der Waals surface area contributed by atoms with Crippen LogP contribution in [0.1, 0.15) is 24.2 Å². The number of carboxylic acid groups (broad SMARTS) is 1. The van der Waals surface area contributed by atoms with E-state index in [-0.39, 0.29) is 15.8 Å². The molecule has 4 rings (SSSR count). The minimum absolute atomic E-state index is 0.0270. The predicted molar refractivity (Wildman–Crippen MR) is 119 cm³/mol. The molecule has 0 aliphatic carbocycles. The monoisotopic (exact) mass is 458 g/mol. The Morgan fingerprint density at radius 2 is 1.84 bits per heavy atom. The first-order valence-electron chi connectivity index (χ1n) is 9.62. The van der Waals surface area contributed by atoms with Crippen molar-refractivity contribution in [3.63, 3.8) is 0 Å². The van der Waals surface area contributed by atoms with Gasteiger partial charge in [0.05, 0.1) is 16.0 Å². The molecular weight excluding hydrogens is 440 g/mol. The maximum atomic E-state index is 12.9. The molecule has 0 fully saturated rings. The van der Waals surface area contributed by atoms with Gasteiger partial charge in [0, 0.05) is 28.9 Å². The van der Waals surface area contributed by atoms with Gasteiger partial charge in [0.1, 0.15) is 11.3 Å². The summed E-state index contributed by atoms with van der Waals surface area (Å²) in [6, 6.07) is 12.6. The zero-order valence-corrected chi connectivity index (χ0v) is 18.4. The van der Waals surface area contributed by atoms with Crippen molar-refractivity contribution >= 4 is 49.5 Å². The molecule has 2 aromatic heterocycles. The van der Waals surface area contributed by atoms with Crippen molar-refractivity contribution in [1.82, 2.24) is 9.29 Å². The molecule has 0 aliphatic rings. The number of benzene rings is 2. The van der Waals surface area contributed by atoms with Crippen LogP contribution in [-0.4, -0.2) is 41.9 Å². The summed E-state index contributed by atoms with van der Waals surface area (Å²) in [6.07, 6.45) is 0. The lowest BCUT2D eigenvalue weighted by molar-refractivity contribution is 0.0699. The second-order valence-corrected chi connectivity index (χ2v) is 9.30. The van der Waals surface area contributed by atoms with Gasteiger partial charge in [-0.3, -0.25) is 0 Å². The molecule has 0 unspecified atom stereocenters. The molecule has 0 aliphatic heterocycles. The maximum Gasteiger partial charge on any atom is 0.336 e. The van der Waals surface area contributed by atoms with E-state index in [0.29, 0.717) is 40.7 Å². The van der Waals surface area contributed by atoms with Crippen LogP contribution in [-0.2, 0) is 10.0 Å². The van der Waals surface area contributed by atoms with Crippen molar-refractivity contribution in [2.75, 3.05) is 13.1 Å². The van der Waals surface area contributed by atoms with Gasteiger partial charge in [-0.25, -0.2) is 18.2 Å². The molecule has 7 nitrogen and oxygen atoms in total. The van der Waals surface area contributed by atoms with E-state index in [2.05, 4.69) is 4.98 Å². The largest absolute Gasteiger partial charge is 0.478 e. The molecule has 4 aromatic rings. The molecule has 0 saturated carbocycles. The lowest BCUT2D eigenvalue weighted by Crippen LogP contribution is -2.30. The normalized spacial score (nSPS) is 12.1. The third-order valence-corrected chi connectivity index (χ3v) is 7.37. The Kier molecular flexibility index (Phi) is 5.47. The van der Waals surface area contributed by atoms with Crippen LogP contribution in [0.15, 0.2) is 57.8 Å². The summed E-state index contributed by atoms with van der Waals surface area (Å²) < 4.78 is 32.9. The summed E-state index contributed by atoms with van der Waals surface area (Å²) in [5, 5.41) is 11.4. The highest BCUT2D eigenvalue weighted by Gasteiger charge is 2.23. The van der Waals surface area contributed by atoms with Gasteiger partial charge in [-0.1, -0.05) is 25.4 Å². The number of halogens is 1. The Hall–Kier alpha value is -2.94. The number of nitrogens with zero attached hydrogens (tertiary/aromatic N) is 2. The van der Waals surface area contributed by atoms with Crippen LogP contribution in [0.2, 0.25) is 5.02 Å². The fourth-order valence-corrected chi connectivity index (χ4v) is 5.19. The van der Waals surface area contributed by atoms with Gasteiger partial charge in [0.25, 0.3) is 0 Å².